The second-order valence-corrected chi connectivity index (χ2v) is 5.97. The summed E-state index contributed by atoms with van der Waals surface area (Å²) in [4.78, 5) is 0. The number of anilines is 1. The van der Waals surface area contributed by atoms with Gasteiger partial charge in [-0.25, -0.2) is 0 Å². The largest absolute Gasteiger partial charge is 0.399 e. The minimum atomic E-state index is 0.869. The Balaban J connectivity index is 3.00. The number of nitrogen functional groups attached to an aromatic ring is 1. The number of rotatable bonds is 10. The molecule has 20 heavy (non-hydrogen) atoms. The summed E-state index contributed by atoms with van der Waals surface area (Å²) >= 11 is 0. The number of benzene rings is 1. The molecule has 114 valence electrons. The average molecular weight is 277 g/mol. The molecule has 1 rings (SSSR count). The monoisotopic (exact) mass is 277 g/mol. The lowest BCUT2D eigenvalue weighted by molar-refractivity contribution is 0.259. The summed E-state index contributed by atoms with van der Waals surface area (Å²) in [6.45, 7) is 10.7. The van der Waals surface area contributed by atoms with Crippen LogP contribution in [0.5, 0.6) is 0 Å². The van der Waals surface area contributed by atoms with E-state index in [2.05, 4.69) is 45.0 Å². The van der Waals surface area contributed by atoms with Crippen molar-refractivity contribution in [2.75, 3.05) is 25.4 Å². The van der Waals surface area contributed by atoms with Crippen molar-refractivity contribution in [2.45, 2.75) is 59.3 Å². The molecule has 0 aliphatic heterocycles. The summed E-state index contributed by atoms with van der Waals surface area (Å²) in [6.07, 6.45) is 7.72. The van der Waals surface area contributed by atoms with Crippen molar-refractivity contribution in [1.82, 2.24) is 4.48 Å². The molecule has 0 heterocycles. The van der Waals surface area contributed by atoms with E-state index >= 15 is 0 Å². The van der Waals surface area contributed by atoms with E-state index in [0.29, 0.717) is 0 Å². The first-order valence-corrected chi connectivity index (χ1v) is 8.40. The number of unbranched alkanes of at least 4 members (excludes halogenated alkanes) is 3. The molecule has 2 heteroatoms. The summed E-state index contributed by atoms with van der Waals surface area (Å²) in [6, 6.07) is 8.62. The van der Waals surface area contributed by atoms with E-state index in [1.807, 2.05) is 0 Å². The lowest BCUT2D eigenvalue weighted by Crippen LogP contribution is -2.51. The number of hydrogen-bond donors (Lipinski definition) is 1. The number of nitrogens with two attached hydrogens (primary N) is 1. The van der Waals surface area contributed by atoms with Crippen molar-refractivity contribution in [3.8, 4) is 0 Å². The minimum absolute atomic E-state index is 0.869. The highest BCUT2D eigenvalue weighted by atomic mass is 15.4. The first kappa shape index (κ1) is 17.0. The van der Waals surface area contributed by atoms with E-state index in [0.717, 1.165) is 10.2 Å². The van der Waals surface area contributed by atoms with Crippen molar-refractivity contribution in [3.63, 3.8) is 0 Å². The topological polar surface area (TPSA) is 26.0 Å². The van der Waals surface area contributed by atoms with Crippen molar-refractivity contribution in [2.24, 2.45) is 0 Å². The first-order chi connectivity index (χ1) is 9.68. The van der Waals surface area contributed by atoms with Crippen LogP contribution in [0.3, 0.4) is 0 Å². The summed E-state index contributed by atoms with van der Waals surface area (Å²) in [7, 11) is 0. The maximum atomic E-state index is 5.86. The molecule has 0 aliphatic carbocycles. The van der Waals surface area contributed by atoms with Gasteiger partial charge in [-0.05, 0) is 31.4 Å². The predicted octanol–water partition coefficient (Wildman–Crippen LogP) is 4.98. The van der Waals surface area contributed by atoms with Gasteiger partial charge in [-0.15, -0.1) is 0 Å². The van der Waals surface area contributed by atoms with Gasteiger partial charge in [0.05, 0.1) is 19.6 Å². The highest BCUT2D eigenvalue weighted by Gasteiger charge is 2.28. The summed E-state index contributed by atoms with van der Waals surface area (Å²) < 4.78 is 1.15. The number of hydrogen-bond acceptors (Lipinski definition) is 1. The Kier molecular flexibility index (Phi) is 7.68. The minimum Gasteiger partial charge on any atom is -0.399 e. The number of nitrogens with zero attached hydrogens (tertiary/aromatic N) is 1. The zero-order chi connectivity index (χ0) is 14.8. The van der Waals surface area contributed by atoms with Gasteiger partial charge < -0.3 is 5.73 Å². The van der Waals surface area contributed by atoms with Crippen LogP contribution in [0.1, 0.15) is 59.3 Å². The highest BCUT2D eigenvalue weighted by molar-refractivity contribution is 5.51. The van der Waals surface area contributed by atoms with Gasteiger partial charge >= 0.3 is 0 Å². The van der Waals surface area contributed by atoms with Crippen molar-refractivity contribution < 1.29 is 0 Å². The van der Waals surface area contributed by atoms with Crippen molar-refractivity contribution >= 4 is 11.4 Å². The normalized spacial score (nSPS) is 11.8. The molecular weight excluding hydrogens is 244 g/mol. The quantitative estimate of drug-likeness (QED) is 0.474. The average Bonchev–Trinajstić information content (AvgIpc) is 2.48. The van der Waals surface area contributed by atoms with Crippen LogP contribution < -0.4 is 10.2 Å². The van der Waals surface area contributed by atoms with Gasteiger partial charge in [-0.3, -0.25) is 4.48 Å². The van der Waals surface area contributed by atoms with E-state index in [4.69, 9.17) is 5.73 Å². The van der Waals surface area contributed by atoms with E-state index in [-0.39, 0.29) is 0 Å². The summed E-state index contributed by atoms with van der Waals surface area (Å²) in [5, 5.41) is 0. The number of quaternary nitrogens is 1. The van der Waals surface area contributed by atoms with Crippen LogP contribution in [0.25, 0.3) is 0 Å². The second kappa shape index (κ2) is 9.02. The highest BCUT2D eigenvalue weighted by Crippen LogP contribution is 2.27. The standard InChI is InChI=1S/C18H33N2/c1-4-7-14-20(15-8-5-2,16-9-6-3)18-12-10-17(19)11-13-18/h10-13H,4-9,14-16,19H2,1-3H3/q+1. The third kappa shape index (κ3) is 4.82. The fraction of sp³-hybridized carbons (Fsp3) is 0.667. The third-order valence-electron chi connectivity index (χ3n) is 4.26. The van der Waals surface area contributed by atoms with Crippen LogP contribution in [0.4, 0.5) is 11.4 Å². The maximum absolute atomic E-state index is 5.86. The Morgan fingerprint density at radius 1 is 0.750 bits per heavy atom. The SMILES string of the molecule is CCCC[N+](CCCC)(CCCC)c1ccc(N)cc1. The molecule has 0 aromatic heterocycles. The molecule has 0 amide bonds. The molecule has 0 radical (unpaired) electrons. The van der Waals surface area contributed by atoms with Crippen LogP contribution in [-0.4, -0.2) is 19.6 Å². The van der Waals surface area contributed by atoms with Crippen LogP contribution >= 0.6 is 0 Å². The van der Waals surface area contributed by atoms with Gasteiger partial charge in [-0.2, -0.15) is 0 Å². The zero-order valence-electron chi connectivity index (χ0n) is 13.7. The molecule has 0 atom stereocenters. The Hall–Kier alpha value is -1.02. The fourth-order valence-corrected chi connectivity index (χ4v) is 2.90. The van der Waals surface area contributed by atoms with Crippen molar-refractivity contribution in [1.29, 1.82) is 0 Å². The van der Waals surface area contributed by atoms with Crippen LogP contribution in [-0.2, 0) is 0 Å². The van der Waals surface area contributed by atoms with Gasteiger partial charge in [0.2, 0.25) is 0 Å². The molecule has 2 nitrogen and oxygen atoms in total. The molecule has 0 unspecified atom stereocenters. The van der Waals surface area contributed by atoms with Gasteiger partial charge in [0, 0.05) is 17.8 Å². The molecule has 0 spiro atoms. The smallest absolute Gasteiger partial charge is 0.132 e. The zero-order valence-corrected chi connectivity index (χ0v) is 13.7. The molecule has 2 N–H and O–H groups in total. The first-order valence-electron chi connectivity index (χ1n) is 8.40. The molecule has 1 aromatic rings. The van der Waals surface area contributed by atoms with E-state index in [1.54, 1.807) is 0 Å². The Labute approximate surface area is 125 Å². The third-order valence-corrected chi connectivity index (χ3v) is 4.26. The predicted molar refractivity (Wildman–Crippen MR) is 92.0 cm³/mol. The Morgan fingerprint density at radius 3 is 1.50 bits per heavy atom. The van der Waals surface area contributed by atoms with Crippen LogP contribution in [0, 0.1) is 0 Å². The fourth-order valence-electron chi connectivity index (χ4n) is 2.90. The van der Waals surface area contributed by atoms with Gasteiger partial charge in [0.25, 0.3) is 0 Å². The van der Waals surface area contributed by atoms with Gasteiger partial charge in [0.1, 0.15) is 5.69 Å². The van der Waals surface area contributed by atoms with E-state index in [9.17, 15) is 0 Å². The molecule has 1 aromatic carbocycles. The van der Waals surface area contributed by atoms with Gasteiger partial charge in [-0.1, -0.05) is 40.0 Å². The molecule has 0 aliphatic rings. The molecule has 0 saturated heterocycles. The summed E-state index contributed by atoms with van der Waals surface area (Å²) in [5.41, 5.74) is 8.19. The van der Waals surface area contributed by atoms with E-state index in [1.165, 1.54) is 63.8 Å². The molecule has 0 saturated carbocycles. The summed E-state index contributed by atoms with van der Waals surface area (Å²) in [5.74, 6) is 0. The Bertz CT molecular complexity index is 334. The van der Waals surface area contributed by atoms with Crippen LogP contribution in [0.2, 0.25) is 0 Å². The Morgan fingerprint density at radius 2 is 1.15 bits per heavy atom. The lowest BCUT2D eigenvalue weighted by atomic mass is 10.1. The maximum Gasteiger partial charge on any atom is 0.132 e. The second-order valence-electron chi connectivity index (χ2n) is 5.97. The molecule has 0 bridgehead atoms. The van der Waals surface area contributed by atoms with Crippen molar-refractivity contribution in [3.05, 3.63) is 24.3 Å². The van der Waals surface area contributed by atoms with E-state index < -0.39 is 0 Å². The molecular formula is C18H33N2+. The lowest BCUT2D eigenvalue weighted by Gasteiger charge is -2.38. The molecule has 0 fully saturated rings. The van der Waals surface area contributed by atoms with Crippen LogP contribution in [0.15, 0.2) is 24.3 Å². The van der Waals surface area contributed by atoms with Gasteiger partial charge in [0.15, 0.2) is 0 Å².